The minimum atomic E-state index is -3.77. The van der Waals surface area contributed by atoms with Gasteiger partial charge in [-0.05, 0) is 47.5 Å². The molecule has 0 bridgehead atoms. The van der Waals surface area contributed by atoms with Crippen LogP contribution >= 0.6 is 15.9 Å². The summed E-state index contributed by atoms with van der Waals surface area (Å²) < 4.78 is 44.2. The van der Waals surface area contributed by atoms with Gasteiger partial charge in [0.25, 0.3) is 0 Å². The highest BCUT2D eigenvalue weighted by atomic mass is 79.9. The standard InChI is InChI=1S/C12H15BrFNO4S/c1-2-19-12(16)4-3-7-15-20(17,18)9-5-6-10(13)11(14)8-9/h5-6,8,15H,2-4,7H2,1H3. The van der Waals surface area contributed by atoms with Crippen LogP contribution in [0.5, 0.6) is 0 Å². The molecule has 1 aromatic rings. The molecular weight excluding hydrogens is 353 g/mol. The molecule has 0 unspecified atom stereocenters. The fraction of sp³-hybridized carbons (Fsp3) is 0.417. The van der Waals surface area contributed by atoms with Crippen LogP contribution in [-0.2, 0) is 19.6 Å². The Balaban J connectivity index is 2.53. The zero-order valence-corrected chi connectivity index (χ0v) is 13.3. The molecule has 0 saturated heterocycles. The van der Waals surface area contributed by atoms with Gasteiger partial charge in [-0.3, -0.25) is 4.79 Å². The predicted molar refractivity (Wildman–Crippen MR) is 75.2 cm³/mol. The van der Waals surface area contributed by atoms with Gasteiger partial charge in [0.2, 0.25) is 10.0 Å². The summed E-state index contributed by atoms with van der Waals surface area (Å²) in [6, 6.07) is 3.54. The third-order valence-corrected chi connectivity index (χ3v) is 4.46. The molecule has 0 fully saturated rings. The van der Waals surface area contributed by atoms with E-state index in [1.54, 1.807) is 6.92 Å². The first-order valence-electron chi connectivity index (χ1n) is 5.97. The predicted octanol–water partition coefficient (Wildman–Crippen LogP) is 2.21. The monoisotopic (exact) mass is 367 g/mol. The number of sulfonamides is 1. The van der Waals surface area contributed by atoms with Crippen LogP contribution in [0.4, 0.5) is 4.39 Å². The summed E-state index contributed by atoms with van der Waals surface area (Å²) in [5.74, 6) is -1.03. The lowest BCUT2D eigenvalue weighted by Gasteiger charge is -2.07. The van der Waals surface area contributed by atoms with E-state index >= 15 is 0 Å². The van der Waals surface area contributed by atoms with Crippen molar-refractivity contribution in [2.45, 2.75) is 24.7 Å². The van der Waals surface area contributed by atoms with E-state index in [2.05, 4.69) is 20.7 Å². The fourth-order valence-corrected chi connectivity index (χ4v) is 2.73. The average molecular weight is 368 g/mol. The fourth-order valence-electron chi connectivity index (χ4n) is 1.40. The quantitative estimate of drug-likeness (QED) is 0.592. The lowest BCUT2D eigenvalue weighted by molar-refractivity contribution is -0.143. The number of esters is 1. The molecule has 1 aromatic carbocycles. The summed E-state index contributed by atoms with van der Waals surface area (Å²) in [5.41, 5.74) is 0. The Morgan fingerprint density at radius 1 is 1.45 bits per heavy atom. The van der Waals surface area contributed by atoms with Crippen molar-refractivity contribution in [1.82, 2.24) is 4.72 Å². The molecule has 1 rings (SSSR count). The summed E-state index contributed by atoms with van der Waals surface area (Å²) in [6.45, 7) is 2.07. The Labute approximate surface area is 125 Å². The molecule has 0 aliphatic carbocycles. The Kier molecular flexibility index (Phi) is 6.57. The van der Waals surface area contributed by atoms with Crippen LogP contribution in [0.2, 0.25) is 0 Å². The number of carbonyl (C=O) groups excluding carboxylic acids is 1. The second-order valence-corrected chi connectivity index (χ2v) is 6.50. The molecule has 0 spiro atoms. The number of hydrogen-bond donors (Lipinski definition) is 1. The lowest BCUT2D eigenvalue weighted by Crippen LogP contribution is -2.25. The maximum Gasteiger partial charge on any atom is 0.305 e. The minimum absolute atomic E-state index is 0.0822. The first-order valence-corrected chi connectivity index (χ1v) is 8.24. The van der Waals surface area contributed by atoms with Gasteiger partial charge in [0.1, 0.15) is 5.82 Å². The van der Waals surface area contributed by atoms with Crippen molar-refractivity contribution in [2.24, 2.45) is 0 Å². The third kappa shape index (κ3) is 5.18. The second-order valence-electron chi connectivity index (χ2n) is 3.88. The average Bonchev–Trinajstić information content (AvgIpc) is 2.38. The minimum Gasteiger partial charge on any atom is -0.466 e. The van der Waals surface area contributed by atoms with Crippen molar-refractivity contribution in [1.29, 1.82) is 0 Å². The molecule has 20 heavy (non-hydrogen) atoms. The van der Waals surface area contributed by atoms with Gasteiger partial charge in [0.05, 0.1) is 16.0 Å². The maximum absolute atomic E-state index is 13.3. The topological polar surface area (TPSA) is 72.5 Å². The van der Waals surface area contributed by atoms with Gasteiger partial charge in [0, 0.05) is 13.0 Å². The summed E-state index contributed by atoms with van der Waals surface area (Å²) in [4.78, 5) is 10.9. The molecule has 0 aromatic heterocycles. The Bertz CT molecular complexity index is 577. The first-order chi connectivity index (χ1) is 9.36. The molecule has 5 nitrogen and oxygen atoms in total. The molecule has 0 heterocycles. The van der Waals surface area contributed by atoms with Crippen molar-refractivity contribution in [2.75, 3.05) is 13.2 Å². The van der Waals surface area contributed by atoms with Gasteiger partial charge < -0.3 is 4.74 Å². The van der Waals surface area contributed by atoms with Gasteiger partial charge >= 0.3 is 5.97 Å². The van der Waals surface area contributed by atoms with Gasteiger partial charge in [0.15, 0.2) is 0 Å². The number of hydrogen-bond acceptors (Lipinski definition) is 4. The summed E-state index contributed by atoms with van der Waals surface area (Å²) >= 11 is 2.95. The molecule has 8 heteroatoms. The molecule has 0 aliphatic heterocycles. The summed E-state index contributed by atoms with van der Waals surface area (Å²) in [5, 5.41) is 0. The molecular formula is C12H15BrFNO4S. The molecule has 0 radical (unpaired) electrons. The van der Waals surface area contributed by atoms with Crippen LogP contribution in [0.3, 0.4) is 0 Å². The Hall–Kier alpha value is -0.990. The van der Waals surface area contributed by atoms with E-state index < -0.39 is 15.8 Å². The zero-order valence-electron chi connectivity index (χ0n) is 10.9. The SMILES string of the molecule is CCOC(=O)CCCNS(=O)(=O)c1ccc(Br)c(F)c1. The van der Waals surface area contributed by atoms with Crippen LogP contribution in [0.1, 0.15) is 19.8 Å². The van der Waals surface area contributed by atoms with Gasteiger partial charge in [-0.25, -0.2) is 17.5 Å². The zero-order chi connectivity index (χ0) is 15.2. The number of ether oxygens (including phenoxy) is 1. The third-order valence-electron chi connectivity index (χ3n) is 2.36. The Morgan fingerprint density at radius 3 is 2.75 bits per heavy atom. The summed E-state index contributed by atoms with van der Waals surface area (Å²) in [7, 11) is -3.77. The largest absolute Gasteiger partial charge is 0.466 e. The van der Waals surface area contributed by atoms with Crippen molar-refractivity contribution >= 4 is 31.9 Å². The molecule has 0 aliphatic rings. The van der Waals surface area contributed by atoms with E-state index in [0.29, 0.717) is 13.0 Å². The highest BCUT2D eigenvalue weighted by molar-refractivity contribution is 9.10. The van der Waals surface area contributed by atoms with Crippen LogP contribution in [0, 0.1) is 5.82 Å². The van der Waals surface area contributed by atoms with E-state index in [9.17, 15) is 17.6 Å². The van der Waals surface area contributed by atoms with E-state index in [0.717, 1.165) is 6.07 Å². The van der Waals surface area contributed by atoms with Crippen molar-refractivity contribution < 1.29 is 22.3 Å². The highest BCUT2D eigenvalue weighted by Crippen LogP contribution is 2.19. The number of nitrogens with one attached hydrogen (secondary N) is 1. The van der Waals surface area contributed by atoms with Crippen LogP contribution < -0.4 is 4.72 Å². The highest BCUT2D eigenvalue weighted by Gasteiger charge is 2.15. The smallest absolute Gasteiger partial charge is 0.305 e. The normalized spacial score (nSPS) is 11.3. The molecule has 0 saturated carbocycles. The van der Waals surface area contributed by atoms with Crippen LogP contribution in [0.25, 0.3) is 0 Å². The first kappa shape index (κ1) is 17.1. The molecule has 112 valence electrons. The van der Waals surface area contributed by atoms with Crippen molar-refractivity contribution in [3.8, 4) is 0 Å². The van der Waals surface area contributed by atoms with Gasteiger partial charge in [-0.15, -0.1) is 0 Å². The van der Waals surface area contributed by atoms with E-state index in [1.165, 1.54) is 12.1 Å². The number of benzene rings is 1. The van der Waals surface area contributed by atoms with E-state index in [4.69, 9.17) is 4.74 Å². The molecule has 0 atom stereocenters. The van der Waals surface area contributed by atoms with Crippen LogP contribution in [-0.4, -0.2) is 27.5 Å². The van der Waals surface area contributed by atoms with Crippen LogP contribution in [0.15, 0.2) is 27.6 Å². The number of rotatable bonds is 7. The summed E-state index contributed by atoms with van der Waals surface area (Å²) in [6.07, 6.45) is 0.447. The number of halogens is 2. The van der Waals surface area contributed by atoms with E-state index in [1.807, 2.05) is 0 Å². The van der Waals surface area contributed by atoms with Gasteiger partial charge in [-0.1, -0.05) is 0 Å². The molecule has 0 amide bonds. The Morgan fingerprint density at radius 2 is 2.15 bits per heavy atom. The van der Waals surface area contributed by atoms with Gasteiger partial charge in [-0.2, -0.15) is 0 Å². The van der Waals surface area contributed by atoms with Crippen molar-refractivity contribution in [3.63, 3.8) is 0 Å². The van der Waals surface area contributed by atoms with E-state index in [-0.39, 0.29) is 28.3 Å². The maximum atomic E-state index is 13.3. The lowest BCUT2D eigenvalue weighted by atomic mass is 10.3. The molecule has 1 N–H and O–H groups in total. The number of carbonyl (C=O) groups is 1. The second kappa shape index (κ2) is 7.70. The van der Waals surface area contributed by atoms with Crippen molar-refractivity contribution in [3.05, 3.63) is 28.5 Å².